The second-order valence-electron chi connectivity index (χ2n) is 7.90. The fourth-order valence-electron chi connectivity index (χ4n) is 4.03. The zero-order valence-electron chi connectivity index (χ0n) is 18.0. The summed E-state index contributed by atoms with van der Waals surface area (Å²) in [6.45, 7) is 0. The van der Waals surface area contributed by atoms with Gasteiger partial charge in [-0.25, -0.2) is 4.39 Å². The zero-order chi connectivity index (χ0) is 22.1. The van der Waals surface area contributed by atoms with Crippen molar-refractivity contribution in [3.8, 4) is 0 Å². The number of thioether (sulfide) groups is 1. The Balaban J connectivity index is 1.50. The molecule has 0 amide bonds. The molecule has 2 nitrogen and oxygen atoms in total. The highest BCUT2D eigenvalue weighted by atomic mass is 32.2. The zero-order valence-corrected chi connectivity index (χ0v) is 19.7. The molecule has 5 heteroatoms. The molecule has 0 spiro atoms. The minimum Gasteiger partial charge on any atom is -0.361 e. The molecule has 2 heterocycles. The number of hydrogen-bond acceptors (Lipinski definition) is 3. The van der Waals surface area contributed by atoms with Crippen molar-refractivity contribution in [1.29, 1.82) is 0 Å². The summed E-state index contributed by atoms with van der Waals surface area (Å²) < 4.78 is 17.0. The van der Waals surface area contributed by atoms with E-state index in [4.69, 9.17) is 0 Å². The predicted molar refractivity (Wildman–Crippen MR) is 135 cm³/mol. The summed E-state index contributed by atoms with van der Waals surface area (Å²) in [4.78, 5) is 3.74. The van der Waals surface area contributed by atoms with E-state index in [2.05, 4.69) is 90.4 Å². The van der Waals surface area contributed by atoms with Gasteiger partial charge in [-0.1, -0.05) is 71.7 Å². The largest absolute Gasteiger partial charge is 0.361 e. The van der Waals surface area contributed by atoms with Gasteiger partial charge in [-0.15, -0.1) is 0 Å². The van der Waals surface area contributed by atoms with Crippen LogP contribution in [-0.4, -0.2) is 18.0 Å². The first kappa shape index (κ1) is 21.0. The Kier molecular flexibility index (Phi) is 5.85. The summed E-state index contributed by atoms with van der Waals surface area (Å²) in [5.74, 6) is -0.221. The number of aromatic nitrogens is 1. The number of para-hydroxylation sites is 1. The lowest BCUT2D eigenvalue weighted by molar-refractivity contribution is -0.642. The molecular weight excluding hydrogens is 435 g/mol. The van der Waals surface area contributed by atoms with Crippen LogP contribution in [0.3, 0.4) is 0 Å². The number of fused-ring (bicyclic) bond motifs is 2. The van der Waals surface area contributed by atoms with Crippen molar-refractivity contribution >= 4 is 45.0 Å². The molecule has 5 rings (SSSR count). The summed E-state index contributed by atoms with van der Waals surface area (Å²) in [5.41, 5.74) is 3.26. The van der Waals surface area contributed by atoms with Gasteiger partial charge in [0.05, 0.1) is 11.1 Å². The van der Waals surface area contributed by atoms with Crippen LogP contribution in [0.15, 0.2) is 94.9 Å². The number of allylic oxidation sites excluding steroid dienone is 6. The van der Waals surface area contributed by atoms with E-state index in [1.54, 1.807) is 11.3 Å². The van der Waals surface area contributed by atoms with Gasteiger partial charge in [-0.2, -0.15) is 4.57 Å². The maximum absolute atomic E-state index is 13.6. The number of rotatable bonds is 4. The molecule has 1 fully saturated rings. The Hall–Kier alpha value is -2.89. The second-order valence-corrected chi connectivity index (χ2v) is 10.1. The molecule has 0 radical (unpaired) electrons. The summed E-state index contributed by atoms with van der Waals surface area (Å²) >= 11 is 3.60. The highest BCUT2D eigenvalue weighted by Gasteiger charge is 2.30. The van der Waals surface area contributed by atoms with Gasteiger partial charge in [-0.05, 0) is 47.9 Å². The molecule has 0 N–H and O–H groups in total. The number of aryl methyl sites for hydroxylation is 1. The van der Waals surface area contributed by atoms with Gasteiger partial charge >= 0.3 is 0 Å². The van der Waals surface area contributed by atoms with Crippen LogP contribution in [0.1, 0.15) is 17.0 Å². The first-order valence-corrected chi connectivity index (χ1v) is 12.2. The molecule has 0 bridgehead atoms. The van der Waals surface area contributed by atoms with Gasteiger partial charge in [-0.3, -0.25) is 0 Å². The van der Waals surface area contributed by atoms with E-state index in [0.29, 0.717) is 6.04 Å². The van der Waals surface area contributed by atoms with E-state index in [9.17, 15) is 4.39 Å². The van der Waals surface area contributed by atoms with Gasteiger partial charge in [0.25, 0.3) is 5.01 Å². The van der Waals surface area contributed by atoms with Crippen molar-refractivity contribution < 1.29 is 8.96 Å². The maximum atomic E-state index is 13.6. The molecule has 1 aliphatic carbocycles. The molecule has 1 aromatic heterocycles. The summed E-state index contributed by atoms with van der Waals surface area (Å²) in [6.07, 6.45) is 16.2. The predicted octanol–water partition coefficient (Wildman–Crippen LogP) is 6.69. The van der Waals surface area contributed by atoms with Crippen molar-refractivity contribution in [2.45, 2.75) is 12.5 Å². The average molecular weight is 460 g/mol. The molecule has 0 saturated carbocycles. The van der Waals surface area contributed by atoms with E-state index < -0.39 is 0 Å². The van der Waals surface area contributed by atoms with Crippen LogP contribution in [0, 0.1) is 5.82 Å². The maximum Gasteiger partial charge on any atom is 0.262 e. The number of halogens is 1. The Bertz CT molecular complexity index is 1310. The third-order valence-corrected chi connectivity index (χ3v) is 8.34. The SMILES string of the molecule is CN1/C(=C/C=C(/C=C/c2sc3ccccc3[n+]2C)c2ccc(F)cc2)SC2=CC=CCC21. The number of nitrogens with zero attached hydrogens (tertiary/aromatic N) is 2. The lowest BCUT2D eigenvalue weighted by atomic mass is 10.0. The molecule has 1 aliphatic heterocycles. The van der Waals surface area contributed by atoms with Crippen LogP contribution in [0.5, 0.6) is 0 Å². The Labute approximate surface area is 196 Å². The van der Waals surface area contributed by atoms with E-state index in [-0.39, 0.29) is 5.82 Å². The number of benzene rings is 2. The van der Waals surface area contributed by atoms with Crippen molar-refractivity contribution in [2.75, 3.05) is 7.05 Å². The van der Waals surface area contributed by atoms with Crippen molar-refractivity contribution in [1.82, 2.24) is 4.90 Å². The quantitative estimate of drug-likeness (QED) is 0.317. The van der Waals surface area contributed by atoms with E-state index in [1.165, 1.54) is 37.3 Å². The van der Waals surface area contributed by atoms with Gasteiger partial charge < -0.3 is 4.90 Å². The molecular formula is C27H24FN2S2+. The van der Waals surface area contributed by atoms with Crippen LogP contribution in [0.4, 0.5) is 4.39 Å². The van der Waals surface area contributed by atoms with Gasteiger partial charge in [0, 0.05) is 24.1 Å². The fourth-order valence-corrected chi connectivity index (χ4v) is 6.26. The minimum atomic E-state index is -0.221. The first-order chi connectivity index (χ1) is 15.6. The molecule has 3 aromatic rings. The van der Waals surface area contributed by atoms with Crippen LogP contribution in [0.25, 0.3) is 21.9 Å². The molecule has 1 unspecified atom stereocenters. The standard InChI is InChI=1S/C27H24FN2S2/c1-29-22-7-3-5-9-24(22)31-26(29)17-13-20(19-11-15-21(28)16-12-19)14-18-27-30(2)23-8-4-6-10-25(23)32-27/h3-7,9-18,23H,8H2,1-2H3/q+1. The fraction of sp³-hybridized carbons (Fsp3) is 0.148. The van der Waals surface area contributed by atoms with Crippen LogP contribution < -0.4 is 4.57 Å². The van der Waals surface area contributed by atoms with E-state index >= 15 is 0 Å². The Morgan fingerprint density at radius 2 is 1.97 bits per heavy atom. The topological polar surface area (TPSA) is 7.12 Å². The second kappa shape index (κ2) is 8.93. The van der Waals surface area contributed by atoms with Crippen LogP contribution in [-0.2, 0) is 7.05 Å². The van der Waals surface area contributed by atoms with Crippen LogP contribution in [0.2, 0.25) is 0 Å². The summed E-state index contributed by atoms with van der Waals surface area (Å²) in [7, 11) is 4.25. The third kappa shape index (κ3) is 4.10. The highest BCUT2D eigenvalue weighted by molar-refractivity contribution is 8.07. The van der Waals surface area contributed by atoms with E-state index in [1.807, 2.05) is 23.9 Å². The van der Waals surface area contributed by atoms with Crippen molar-refractivity contribution in [3.05, 3.63) is 111 Å². The Morgan fingerprint density at radius 3 is 2.75 bits per heavy atom. The van der Waals surface area contributed by atoms with E-state index in [0.717, 1.165) is 17.6 Å². The molecule has 1 saturated heterocycles. The number of thiazole rings is 1. The van der Waals surface area contributed by atoms with Crippen molar-refractivity contribution in [2.24, 2.45) is 7.05 Å². The average Bonchev–Trinajstić information content (AvgIpc) is 3.31. The summed E-state index contributed by atoms with van der Waals surface area (Å²) in [5, 5.41) is 2.40. The Morgan fingerprint density at radius 1 is 1.16 bits per heavy atom. The lowest BCUT2D eigenvalue weighted by Crippen LogP contribution is -2.28. The van der Waals surface area contributed by atoms with Crippen LogP contribution >= 0.6 is 23.1 Å². The highest BCUT2D eigenvalue weighted by Crippen LogP contribution is 2.43. The minimum absolute atomic E-state index is 0.221. The molecule has 160 valence electrons. The lowest BCUT2D eigenvalue weighted by Gasteiger charge is -2.22. The smallest absolute Gasteiger partial charge is 0.262 e. The normalized spacial score (nSPS) is 19.9. The summed E-state index contributed by atoms with van der Waals surface area (Å²) in [6, 6.07) is 15.6. The van der Waals surface area contributed by atoms with Gasteiger partial charge in [0.1, 0.15) is 17.6 Å². The molecule has 32 heavy (non-hydrogen) atoms. The molecule has 2 aromatic carbocycles. The number of likely N-dealkylation sites (N-methyl/N-ethyl adjacent to an activating group) is 1. The molecule has 1 atom stereocenters. The van der Waals surface area contributed by atoms with Gasteiger partial charge in [0.2, 0.25) is 5.52 Å². The monoisotopic (exact) mass is 459 g/mol. The van der Waals surface area contributed by atoms with Crippen molar-refractivity contribution in [3.63, 3.8) is 0 Å². The van der Waals surface area contributed by atoms with Gasteiger partial charge in [0.15, 0.2) is 0 Å². The number of hydrogen-bond donors (Lipinski definition) is 0. The third-order valence-electron chi connectivity index (χ3n) is 5.88. The first-order valence-electron chi connectivity index (χ1n) is 10.6. The molecule has 2 aliphatic rings.